The van der Waals surface area contributed by atoms with Crippen LogP contribution in [0.1, 0.15) is 29.8 Å². The number of carbonyl (C=O) groups excluding carboxylic acids is 2. The molecule has 5 nitrogen and oxygen atoms in total. The molecule has 0 saturated heterocycles. The van der Waals surface area contributed by atoms with E-state index < -0.39 is 11.4 Å². The third-order valence-corrected chi connectivity index (χ3v) is 2.49. The molecule has 17 heavy (non-hydrogen) atoms. The van der Waals surface area contributed by atoms with Gasteiger partial charge in [0, 0.05) is 12.1 Å². The minimum Gasteiger partial charge on any atom is -0.368 e. The lowest BCUT2D eigenvalue weighted by Crippen LogP contribution is -2.52. The van der Waals surface area contributed by atoms with Crippen LogP contribution in [0.3, 0.4) is 0 Å². The van der Waals surface area contributed by atoms with Crippen LogP contribution in [-0.4, -0.2) is 17.4 Å². The largest absolute Gasteiger partial charge is 0.368 e. The molecule has 0 aliphatic rings. The summed E-state index contributed by atoms with van der Waals surface area (Å²) in [5, 5.41) is 2.56. The quantitative estimate of drug-likeness (QED) is 0.692. The van der Waals surface area contributed by atoms with Gasteiger partial charge in [-0.2, -0.15) is 0 Å². The summed E-state index contributed by atoms with van der Waals surface area (Å²) >= 11 is 0. The molecule has 0 heterocycles. The van der Waals surface area contributed by atoms with E-state index >= 15 is 0 Å². The zero-order valence-electron chi connectivity index (χ0n) is 9.99. The summed E-state index contributed by atoms with van der Waals surface area (Å²) in [7, 11) is 0. The Morgan fingerprint density at radius 1 is 1.24 bits per heavy atom. The van der Waals surface area contributed by atoms with Crippen molar-refractivity contribution in [2.45, 2.75) is 25.9 Å². The summed E-state index contributed by atoms with van der Waals surface area (Å²) in [5.74, 6) is -0.915. The second-order valence-electron chi connectivity index (χ2n) is 4.34. The number of nitrogens with one attached hydrogen (secondary N) is 1. The van der Waals surface area contributed by atoms with Gasteiger partial charge in [0.15, 0.2) is 0 Å². The highest BCUT2D eigenvalue weighted by atomic mass is 16.2. The van der Waals surface area contributed by atoms with Crippen LogP contribution in [-0.2, 0) is 11.3 Å². The normalized spacial score (nSPS) is 11.0. The van der Waals surface area contributed by atoms with E-state index in [1.165, 1.54) is 0 Å². The van der Waals surface area contributed by atoms with Crippen molar-refractivity contribution in [2.24, 2.45) is 11.5 Å². The van der Waals surface area contributed by atoms with Crippen LogP contribution in [0, 0.1) is 0 Å². The molecule has 5 N–H and O–H groups in total. The van der Waals surface area contributed by atoms with Gasteiger partial charge in [-0.05, 0) is 31.5 Å². The van der Waals surface area contributed by atoms with Crippen LogP contribution in [0.4, 0.5) is 0 Å². The number of amides is 2. The Hall–Kier alpha value is -1.88. The molecule has 0 fully saturated rings. The Labute approximate surface area is 100 Å². The summed E-state index contributed by atoms with van der Waals surface area (Å²) in [5.41, 5.74) is 11.0. The van der Waals surface area contributed by atoms with Gasteiger partial charge in [-0.15, -0.1) is 0 Å². The number of carbonyl (C=O) groups is 2. The first-order valence-corrected chi connectivity index (χ1v) is 5.28. The Morgan fingerprint density at radius 2 is 1.76 bits per heavy atom. The van der Waals surface area contributed by atoms with Crippen molar-refractivity contribution >= 4 is 11.8 Å². The number of hydrogen-bond donors (Lipinski definition) is 3. The molecule has 0 bridgehead atoms. The molecule has 0 unspecified atom stereocenters. The number of rotatable bonds is 4. The summed E-state index contributed by atoms with van der Waals surface area (Å²) in [6.07, 6.45) is 0. The molecule has 0 aliphatic carbocycles. The Balaban J connectivity index is 2.80. The smallest absolute Gasteiger partial charge is 0.252 e. The number of nitrogens with two attached hydrogens (primary N) is 2. The first-order valence-electron chi connectivity index (χ1n) is 5.28. The Kier molecular flexibility index (Phi) is 3.85. The van der Waals surface area contributed by atoms with Gasteiger partial charge in [-0.1, -0.05) is 12.1 Å². The molecule has 5 heteroatoms. The molecular weight excluding hydrogens is 218 g/mol. The Morgan fingerprint density at radius 3 is 2.18 bits per heavy atom. The van der Waals surface area contributed by atoms with E-state index in [1.54, 1.807) is 38.1 Å². The van der Waals surface area contributed by atoms with Crippen molar-refractivity contribution in [1.29, 1.82) is 0 Å². The lowest BCUT2D eigenvalue weighted by Gasteiger charge is -2.22. The summed E-state index contributed by atoms with van der Waals surface area (Å²) in [6, 6.07) is 6.86. The highest BCUT2D eigenvalue weighted by Crippen LogP contribution is 2.07. The fourth-order valence-electron chi connectivity index (χ4n) is 1.21. The molecule has 92 valence electrons. The van der Waals surface area contributed by atoms with Gasteiger partial charge in [0.1, 0.15) is 5.54 Å². The number of benzene rings is 1. The molecule has 0 saturated carbocycles. The molecule has 1 aromatic rings. The average molecular weight is 235 g/mol. The van der Waals surface area contributed by atoms with Gasteiger partial charge in [0.2, 0.25) is 5.91 Å². The standard InChI is InChI=1S/C12H17N3O2/c1-12(2,11(14)17)15-10(16)9-5-3-8(7-13)4-6-9/h3-6H,7,13H2,1-2H3,(H2,14,17)(H,15,16). The van der Waals surface area contributed by atoms with E-state index in [4.69, 9.17) is 11.5 Å². The minimum atomic E-state index is -1.07. The number of hydrogen-bond acceptors (Lipinski definition) is 3. The van der Waals surface area contributed by atoms with E-state index in [2.05, 4.69) is 5.32 Å². The van der Waals surface area contributed by atoms with Gasteiger partial charge < -0.3 is 16.8 Å². The molecule has 2 amide bonds. The summed E-state index contributed by atoms with van der Waals surface area (Å²) in [4.78, 5) is 22.9. The predicted octanol–water partition coefficient (Wildman–Crippen LogP) is 0.139. The SMILES string of the molecule is CC(C)(NC(=O)c1ccc(CN)cc1)C(N)=O. The molecular formula is C12H17N3O2. The minimum absolute atomic E-state index is 0.336. The first kappa shape index (κ1) is 13.2. The lowest BCUT2D eigenvalue weighted by molar-refractivity contribution is -0.122. The lowest BCUT2D eigenvalue weighted by atomic mass is 10.0. The fourth-order valence-corrected chi connectivity index (χ4v) is 1.21. The monoisotopic (exact) mass is 235 g/mol. The van der Waals surface area contributed by atoms with Crippen molar-refractivity contribution in [3.8, 4) is 0 Å². The molecule has 0 aliphatic heterocycles. The second-order valence-corrected chi connectivity index (χ2v) is 4.34. The fraction of sp³-hybridized carbons (Fsp3) is 0.333. The topological polar surface area (TPSA) is 98.2 Å². The van der Waals surface area contributed by atoms with Crippen molar-refractivity contribution in [2.75, 3.05) is 0 Å². The average Bonchev–Trinajstić information content (AvgIpc) is 2.28. The van der Waals surface area contributed by atoms with Crippen LogP contribution in [0.15, 0.2) is 24.3 Å². The van der Waals surface area contributed by atoms with Gasteiger partial charge in [0.05, 0.1) is 0 Å². The van der Waals surface area contributed by atoms with Crippen LogP contribution in [0.25, 0.3) is 0 Å². The summed E-state index contributed by atoms with van der Waals surface area (Å²) < 4.78 is 0. The zero-order chi connectivity index (χ0) is 13.1. The molecule has 0 radical (unpaired) electrons. The molecule has 0 aromatic heterocycles. The van der Waals surface area contributed by atoms with Crippen LogP contribution < -0.4 is 16.8 Å². The van der Waals surface area contributed by atoms with E-state index in [9.17, 15) is 9.59 Å². The number of primary amides is 1. The zero-order valence-corrected chi connectivity index (χ0v) is 9.99. The van der Waals surface area contributed by atoms with Crippen molar-refractivity contribution in [1.82, 2.24) is 5.32 Å². The van der Waals surface area contributed by atoms with Crippen LogP contribution in [0.5, 0.6) is 0 Å². The van der Waals surface area contributed by atoms with E-state index in [0.717, 1.165) is 5.56 Å². The predicted molar refractivity (Wildman–Crippen MR) is 65.1 cm³/mol. The maximum Gasteiger partial charge on any atom is 0.252 e. The van der Waals surface area contributed by atoms with Gasteiger partial charge in [0.25, 0.3) is 5.91 Å². The molecule has 0 spiro atoms. The van der Waals surface area contributed by atoms with Crippen molar-refractivity contribution < 1.29 is 9.59 Å². The molecule has 0 atom stereocenters. The van der Waals surface area contributed by atoms with E-state index in [1.807, 2.05) is 0 Å². The Bertz CT molecular complexity index is 424. The highest BCUT2D eigenvalue weighted by Gasteiger charge is 2.27. The third-order valence-electron chi connectivity index (χ3n) is 2.49. The van der Waals surface area contributed by atoms with Gasteiger partial charge in [-0.25, -0.2) is 0 Å². The van der Waals surface area contributed by atoms with E-state index in [0.29, 0.717) is 12.1 Å². The maximum absolute atomic E-state index is 11.8. The molecule has 1 rings (SSSR count). The van der Waals surface area contributed by atoms with Crippen molar-refractivity contribution in [3.05, 3.63) is 35.4 Å². The van der Waals surface area contributed by atoms with Crippen LogP contribution in [0.2, 0.25) is 0 Å². The van der Waals surface area contributed by atoms with Crippen molar-refractivity contribution in [3.63, 3.8) is 0 Å². The van der Waals surface area contributed by atoms with Crippen LogP contribution >= 0.6 is 0 Å². The first-order chi connectivity index (χ1) is 7.86. The second kappa shape index (κ2) is 4.97. The third kappa shape index (κ3) is 3.29. The maximum atomic E-state index is 11.8. The van der Waals surface area contributed by atoms with Gasteiger partial charge in [-0.3, -0.25) is 9.59 Å². The van der Waals surface area contributed by atoms with E-state index in [-0.39, 0.29) is 5.91 Å². The van der Waals surface area contributed by atoms with Gasteiger partial charge >= 0.3 is 0 Å². The molecule has 1 aromatic carbocycles. The highest BCUT2D eigenvalue weighted by molar-refractivity contribution is 5.98. The summed E-state index contributed by atoms with van der Waals surface area (Å²) in [6.45, 7) is 3.54.